The minimum absolute atomic E-state index is 0. The zero-order valence-corrected chi connectivity index (χ0v) is 17.1. The molecule has 2 N–H and O–H groups in total. The number of phenols is 1. The van der Waals surface area contributed by atoms with Crippen molar-refractivity contribution in [3.05, 3.63) is 29.8 Å². The van der Waals surface area contributed by atoms with Crippen LogP contribution in [-0.2, 0) is 6.54 Å². The van der Waals surface area contributed by atoms with Gasteiger partial charge in [-0.1, -0.05) is 45.9 Å². The lowest BCUT2D eigenvalue weighted by atomic mass is 10.0. The third-order valence-corrected chi connectivity index (χ3v) is 5.53. The number of halogens is 1. The summed E-state index contributed by atoms with van der Waals surface area (Å²) >= 11 is 1.76. The molecule has 2 aromatic carbocycles. The molecule has 5 heteroatoms. The fourth-order valence-electron chi connectivity index (χ4n) is 3.11. The zero-order chi connectivity index (χ0) is 17.4. The van der Waals surface area contributed by atoms with E-state index in [2.05, 4.69) is 49.7 Å². The van der Waals surface area contributed by atoms with Crippen molar-refractivity contribution in [1.82, 2.24) is 0 Å². The molecule has 0 aliphatic carbocycles. The lowest BCUT2D eigenvalue weighted by Gasteiger charge is -2.10. The fraction of sp³-hybridized carbons (Fsp3) is 0.450. The Hall–Kier alpha value is -1.52. The zero-order valence-electron chi connectivity index (χ0n) is 15.6. The molecule has 3 nitrogen and oxygen atoms in total. The molecule has 0 aliphatic heterocycles. The first-order valence-electron chi connectivity index (χ1n) is 8.70. The van der Waals surface area contributed by atoms with Crippen LogP contribution in [0.3, 0.4) is 0 Å². The molecule has 0 radical (unpaired) electrons. The standard InChI is InChI=1S/C20H26N2OS.ClH/c1-12(2)10-21-20-22(11-13(3)4)17-15-8-6-7-9-16(15)18(23)14(5)19(17)24-20;/h6-9,12-13,23H,10-11H2,1-5H3;1H. The van der Waals surface area contributed by atoms with Crippen LogP contribution >= 0.6 is 11.3 Å². The van der Waals surface area contributed by atoms with Crippen LogP contribution < -0.4 is 22.3 Å². The van der Waals surface area contributed by atoms with E-state index in [4.69, 9.17) is 0 Å². The molecule has 0 atom stereocenters. The summed E-state index contributed by atoms with van der Waals surface area (Å²) in [7, 11) is 0. The van der Waals surface area contributed by atoms with Crippen LogP contribution in [0.2, 0.25) is 0 Å². The number of hydrogen-bond acceptors (Lipinski definition) is 3. The summed E-state index contributed by atoms with van der Waals surface area (Å²) in [6, 6.07) is 8.17. The SMILES string of the molecule is Cc1c(O)c2ccccc2c2c1sc(NCC(C)C)[n+]2CC(C)C.[Cl-]. The lowest BCUT2D eigenvalue weighted by molar-refractivity contribution is -0.658. The number of nitrogens with zero attached hydrogens (tertiary/aromatic N) is 1. The van der Waals surface area contributed by atoms with E-state index in [1.165, 1.54) is 15.3 Å². The number of benzene rings is 2. The highest BCUT2D eigenvalue weighted by Crippen LogP contribution is 2.39. The predicted octanol–water partition coefficient (Wildman–Crippen LogP) is 2.08. The molecule has 136 valence electrons. The number of nitrogens with one attached hydrogen (secondary N) is 1. The quantitative estimate of drug-likeness (QED) is 0.667. The first-order valence-corrected chi connectivity index (χ1v) is 9.52. The largest absolute Gasteiger partial charge is 1.00 e. The van der Waals surface area contributed by atoms with Gasteiger partial charge >= 0.3 is 5.13 Å². The van der Waals surface area contributed by atoms with Gasteiger partial charge in [0, 0.05) is 16.3 Å². The van der Waals surface area contributed by atoms with E-state index in [-0.39, 0.29) is 12.4 Å². The second-order valence-corrected chi connectivity index (χ2v) is 8.38. The summed E-state index contributed by atoms with van der Waals surface area (Å²) in [5.74, 6) is 1.56. The van der Waals surface area contributed by atoms with Crippen LogP contribution in [0.4, 0.5) is 5.13 Å². The number of hydrogen-bond donors (Lipinski definition) is 2. The van der Waals surface area contributed by atoms with E-state index in [1.807, 2.05) is 19.1 Å². The normalized spacial score (nSPS) is 11.5. The molecule has 0 bridgehead atoms. The van der Waals surface area contributed by atoms with Gasteiger partial charge in [-0.3, -0.25) is 5.32 Å². The molecule has 25 heavy (non-hydrogen) atoms. The number of fused-ring (bicyclic) bond motifs is 3. The molecule has 0 aliphatic rings. The van der Waals surface area contributed by atoms with Gasteiger partial charge in [0.05, 0.1) is 17.8 Å². The van der Waals surface area contributed by atoms with Crippen LogP contribution in [0, 0.1) is 18.8 Å². The van der Waals surface area contributed by atoms with Crippen molar-refractivity contribution >= 4 is 37.5 Å². The van der Waals surface area contributed by atoms with E-state index in [9.17, 15) is 5.11 Å². The summed E-state index contributed by atoms with van der Waals surface area (Å²) in [5.41, 5.74) is 2.22. The number of rotatable bonds is 5. The van der Waals surface area contributed by atoms with E-state index in [0.29, 0.717) is 17.6 Å². The molecule has 3 rings (SSSR count). The molecule has 3 aromatic rings. The van der Waals surface area contributed by atoms with E-state index in [0.717, 1.165) is 29.4 Å². The molecule has 0 unspecified atom stereocenters. The van der Waals surface area contributed by atoms with Gasteiger partial charge in [-0.05, 0) is 36.2 Å². The molecule has 1 heterocycles. The van der Waals surface area contributed by atoms with Crippen molar-refractivity contribution in [2.45, 2.75) is 41.2 Å². The van der Waals surface area contributed by atoms with Gasteiger partial charge in [0.15, 0.2) is 5.52 Å². The Balaban J connectivity index is 0.00000225. The highest BCUT2D eigenvalue weighted by molar-refractivity contribution is 7.22. The summed E-state index contributed by atoms with van der Waals surface area (Å²) in [6.45, 7) is 12.9. The molecule has 1 aromatic heterocycles. The monoisotopic (exact) mass is 378 g/mol. The Bertz CT molecular complexity index is 886. The van der Waals surface area contributed by atoms with Crippen molar-refractivity contribution in [1.29, 1.82) is 0 Å². The number of aryl methyl sites for hydroxylation is 1. The lowest BCUT2D eigenvalue weighted by Crippen LogP contribution is -3.00. The molecular formula is C20H27ClN2OS. The smallest absolute Gasteiger partial charge is 0.334 e. The van der Waals surface area contributed by atoms with Gasteiger partial charge in [-0.2, -0.15) is 0 Å². The molecule has 0 spiro atoms. The van der Waals surface area contributed by atoms with Crippen LogP contribution in [-0.4, -0.2) is 11.7 Å². The Morgan fingerprint density at radius 2 is 1.72 bits per heavy atom. The molecular weight excluding hydrogens is 352 g/mol. The van der Waals surface area contributed by atoms with Gasteiger partial charge in [0.25, 0.3) is 0 Å². The number of phenolic OH excluding ortho intramolecular Hbond substituents is 1. The maximum atomic E-state index is 10.6. The van der Waals surface area contributed by atoms with Crippen LogP contribution in [0.25, 0.3) is 21.0 Å². The number of aromatic hydroxyl groups is 1. The maximum Gasteiger partial charge on any atom is 0.334 e. The second-order valence-electron chi connectivity index (χ2n) is 7.38. The number of thiazole rings is 1. The molecule has 0 saturated carbocycles. The Morgan fingerprint density at radius 3 is 2.32 bits per heavy atom. The minimum atomic E-state index is 0. The average Bonchev–Trinajstić information content (AvgIpc) is 2.88. The van der Waals surface area contributed by atoms with Crippen molar-refractivity contribution in [2.75, 3.05) is 11.9 Å². The van der Waals surface area contributed by atoms with Gasteiger partial charge in [0.2, 0.25) is 0 Å². The average molecular weight is 379 g/mol. The van der Waals surface area contributed by atoms with E-state index in [1.54, 1.807) is 11.3 Å². The van der Waals surface area contributed by atoms with Gasteiger partial charge in [0.1, 0.15) is 5.75 Å². The topological polar surface area (TPSA) is 36.1 Å². The van der Waals surface area contributed by atoms with Crippen molar-refractivity contribution < 1.29 is 22.1 Å². The third kappa shape index (κ3) is 3.70. The van der Waals surface area contributed by atoms with Gasteiger partial charge in [-0.15, -0.1) is 0 Å². The van der Waals surface area contributed by atoms with Gasteiger partial charge < -0.3 is 17.5 Å². The van der Waals surface area contributed by atoms with Crippen LogP contribution in [0.15, 0.2) is 24.3 Å². The summed E-state index contributed by atoms with van der Waals surface area (Å²) in [5, 5.41) is 17.5. The Kier molecular flexibility index (Phi) is 6.17. The predicted molar refractivity (Wildman–Crippen MR) is 104 cm³/mol. The summed E-state index contributed by atoms with van der Waals surface area (Å²) in [6.07, 6.45) is 0. The maximum absolute atomic E-state index is 10.6. The third-order valence-electron chi connectivity index (χ3n) is 4.27. The number of aromatic nitrogens is 1. The van der Waals surface area contributed by atoms with Gasteiger partial charge in [-0.25, -0.2) is 4.57 Å². The highest BCUT2D eigenvalue weighted by atomic mass is 35.5. The van der Waals surface area contributed by atoms with E-state index >= 15 is 0 Å². The van der Waals surface area contributed by atoms with E-state index < -0.39 is 0 Å². The van der Waals surface area contributed by atoms with Crippen molar-refractivity contribution in [3.8, 4) is 5.75 Å². The molecule has 0 fully saturated rings. The summed E-state index contributed by atoms with van der Waals surface area (Å²) in [4.78, 5) is 0. The first kappa shape index (κ1) is 19.8. The molecule has 0 amide bonds. The highest BCUT2D eigenvalue weighted by Gasteiger charge is 2.24. The van der Waals surface area contributed by atoms with Crippen LogP contribution in [0.1, 0.15) is 33.3 Å². The van der Waals surface area contributed by atoms with Crippen molar-refractivity contribution in [3.63, 3.8) is 0 Å². The summed E-state index contributed by atoms with van der Waals surface area (Å²) < 4.78 is 3.58. The second kappa shape index (κ2) is 7.79. The number of anilines is 1. The fourth-order valence-corrected chi connectivity index (χ4v) is 4.31. The Labute approximate surface area is 160 Å². The van der Waals surface area contributed by atoms with Crippen LogP contribution in [0.5, 0.6) is 5.75 Å². The minimum Gasteiger partial charge on any atom is -1.00 e. The first-order chi connectivity index (χ1) is 11.4. The Morgan fingerprint density at radius 1 is 1.08 bits per heavy atom. The molecule has 0 saturated heterocycles. The van der Waals surface area contributed by atoms with Crippen molar-refractivity contribution in [2.24, 2.45) is 11.8 Å².